The van der Waals surface area contributed by atoms with Crippen molar-refractivity contribution in [2.45, 2.75) is 64.3 Å². The molecular formula is C28H32O8. The summed E-state index contributed by atoms with van der Waals surface area (Å²) >= 11 is 0. The number of hydrogen-bond donors (Lipinski definition) is 4. The topological polar surface area (TPSA) is 134 Å². The number of ether oxygens (including phenoxy) is 2. The van der Waals surface area contributed by atoms with Crippen LogP contribution in [0.5, 0.6) is 0 Å². The standard InChI is InChI=1S/C28H32O8/c1-7-9-11-13-15(29)17-19-23(3)22(32)18(16(30)14-12-10-8-2)20-24(4,21(17)31)28(34)25(19,5)35-27(23,33)26(20,6)36-28/h7-14,19-20,29-30,33-34H,1-6H3/b9-7+,10-8+,13-11+,14-12+,17-15-,18-16-/t19-,20-,23+,24+,25-,26-,27+,28+/m0/s1. The molecule has 0 aromatic heterocycles. The Kier molecular flexibility index (Phi) is 4.81. The van der Waals surface area contributed by atoms with E-state index in [4.69, 9.17) is 9.47 Å². The maximum atomic E-state index is 14.3. The van der Waals surface area contributed by atoms with Gasteiger partial charge in [0.1, 0.15) is 22.7 Å². The van der Waals surface area contributed by atoms with Crippen molar-refractivity contribution in [1.82, 2.24) is 0 Å². The number of rotatable bonds is 4. The Bertz CT molecular complexity index is 1190. The van der Waals surface area contributed by atoms with Gasteiger partial charge in [-0.25, -0.2) is 0 Å². The molecule has 0 radical (unpaired) electrons. The molecule has 0 amide bonds. The van der Waals surface area contributed by atoms with E-state index in [-0.39, 0.29) is 22.7 Å². The van der Waals surface area contributed by atoms with Crippen molar-refractivity contribution in [1.29, 1.82) is 0 Å². The van der Waals surface area contributed by atoms with E-state index < -0.39 is 57.0 Å². The van der Waals surface area contributed by atoms with E-state index >= 15 is 0 Å². The number of ketones is 2. The summed E-state index contributed by atoms with van der Waals surface area (Å²) < 4.78 is 12.5. The molecule has 0 spiro atoms. The highest BCUT2D eigenvalue weighted by Gasteiger charge is 2.99. The van der Waals surface area contributed by atoms with Gasteiger partial charge in [0, 0.05) is 23.0 Å². The van der Waals surface area contributed by atoms with Crippen LogP contribution in [0, 0.1) is 22.7 Å². The van der Waals surface area contributed by atoms with Crippen LogP contribution in [0.2, 0.25) is 0 Å². The van der Waals surface area contributed by atoms with Gasteiger partial charge in [0.2, 0.25) is 11.6 Å². The molecule has 4 N–H and O–H groups in total. The SMILES string of the molecule is C/C=C/C=C/C(O)=C1/C(=O)[C@@]2(C)[C@@H]3\C(=C(O)/C=C/C=C/C)C(=O)[C@@]4(C)[C@H]1[C@]1(C)O[C@@]4(O)[C@@]3(C)O[C@@]12O. The molecule has 8 heteroatoms. The number of Topliss-reactive ketones (excluding diaryl/α,β-unsaturated/α-hetero) is 2. The van der Waals surface area contributed by atoms with Gasteiger partial charge in [-0.05, 0) is 53.7 Å². The molecule has 0 aromatic rings. The lowest BCUT2D eigenvalue weighted by Gasteiger charge is -2.58. The van der Waals surface area contributed by atoms with Crippen molar-refractivity contribution in [2.24, 2.45) is 22.7 Å². The molecule has 8 bridgehead atoms. The van der Waals surface area contributed by atoms with Gasteiger partial charge < -0.3 is 29.9 Å². The van der Waals surface area contributed by atoms with Gasteiger partial charge in [-0.15, -0.1) is 0 Å². The van der Waals surface area contributed by atoms with Crippen molar-refractivity contribution in [2.75, 3.05) is 0 Å². The number of hydrogen-bond acceptors (Lipinski definition) is 8. The second kappa shape index (κ2) is 6.95. The summed E-state index contributed by atoms with van der Waals surface area (Å²) in [5, 5.41) is 46.6. The maximum Gasteiger partial charge on any atom is 0.210 e. The highest BCUT2D eigenvalue weighted by atomic mass is 16.8. The molecule has 3 aliphatic carbocycles. The van der Waals surface area contributed by atoms with Crippen molar-refractivity contribution < 1.29 is 39.5 Å². The normalized spacial score (nSPS) is 51.8. The molecule has 36 heavy (non-hydrogen) atoms. The van der Waals surface area contributed by atoms with Crippen LogP contribution in [0.1, 0.15) is 41.5 Å². The molecular weight excluding hydrogens is 464 g/mol. The quantitative estimate of drug-likeness (QED) is 0.265. The zero-order valence-corrected chi connectivity index (χ0v) is 21.2. The summed E-state index contributed by atoms with van der Waals surface area (Å²) in [6.07, 6.45) is 12.6. The monoisotopic (exact) mass is 496 g/mol. The lowest BCUT2D eigenvalue weighted by Crippen LogP contribution is -2.74. The van der Waals surface area contributed by atoms with Crippen molar-refractivity contribution in [3.05, 3.63) is 71.3 Å². The van der Waals surface area contributed by atoms with Crippen molar-refractivity contribution >= 4 is 11.6 Å². The van der Waals surface area contributed by atoms with Crippen LogP contribution in [0.4, 0.5) is 0 Å². The Labute approximate surface area is 209 Å². The lowest BCUT2D eigenvalue weighted by atomic mass is 9.39. The Morgan fingerprint density at radius 1 is 0.694 bits per heavy atom. The number of aliphatic hydroxyl groups excluding tert-OH is 2. The molecule has 192 valence electrons. The lowest BCUT2D eigenvalue weighted by molar-refractivity contribution is -0.450. The first-order valence-electron chi connectivity index (χ1n) is 12.1. The summed E-state index contributed by atoms with van der Waals surface area (Å²) in [7, 11) is 0. The maximum absolute atomic E-state index is 14.3. The number of carbonyl (C=O) groups is 2. The highest BCUT2D eigenvalue weighted by molar-refractivity contribution is 6.13. The molecule has 0 aromatic carbocycles. The first-order chi connectivity index (χ1) is 16.7. The number of aliphatic hydroxyl groups is 4. The zero-order chi connectivity index (χ0) is 26.7. The molecule has 2 saturated heterocycles. The van der Waals surface area contributed by atoms with Gasteiger partial charge in [0.05, 0.1) is 10.8 Å². The summed E-state index contributed by atoms with van der Waals surface area (Å²) in [6.45, 7) is 9.48. The molecule has 2 aliphatic heterocycles. The van der Waals surface area contributed by atoms with Crippen molar-refractivity contribution in [3.8, 4) is 0 Å². The molecule has 5 rings (SSSR count). The van der Waals surface area contributed by atoms with Gasteiger partial charge in [-0.2, -0.15) is 0 Å². The largest absolute Gasteiger partial charge is 0.508 e. The average Bonchev–Trinajstić information content (AvgIpc) is 3.12. The smallest absolute Gasteiger partial charge is 0.210 e. The van der Waals surface area contributed by atoms with Crippen LogP contribution in [0.25, 0.3) is 0 Å². The van der Waals surface area contributed by atoms with Crippen molar-refractivity contribution in [3.63, 3.8) is 0 Å². The van der Waals surface area contributed by atoms with Crippen LogP contribution >= 0.6 is 0 Å². The second-order valence-electron chi connectivity index (χ2n) is 11.0. The fourth-order valence-corrected chi connectivity index (χ4v) is 7.94. The van der Waals surface area contributed by atoms with E-state index in [2.05, 4.69) is 0 Å². The average molecular weight is 497 g/mol. The predicted octanol–water partition coefficient (Wildman–Crippen LogP) is 3.25. The Morgan fingerprint density at radius 2 is 1.03 bits per heavy atom. The number of allylic oxidation sites excluding steroid dienone is 8. The van der Waals surface area contributed by atoms with E-state index in [9.17, 15) is 30.0 Å². The third-order valence-electron chi connectivity index (χ3n) is 9.41. The van der Waals surface area contributed by atoms with E-state index in [0.717, 1.165) is 0 Å². The minimum atomic E-state index is -2.26. The van der Waals surface area contributed by atoms with Crippen LogP contribution in [0.15, 0.2) is 71.3 Å². The Morgan fingerprint density at radius 3 is 1.33 bits per heavy atom. The van der Waals surface area contributed by atoms with Gasteiger partial charge in [-0.1, -0.05) is 36.5 Å². The Hall–Kier alpha value is -2.78. The van der Waals surface area contributed by atoms with Crippen LogP contribution in [-0.2, 0) is 19.1 Å². The molecule has 2 heterocycles. The minimum Gasteiger partial charge on any atom is -0.508 e. The van der Waals surface area contributed by atoms with Crippen LogP contribution < -0.4 is 0 Å². The summed E-state index contributed by atoms with van der Waals surface area (Å²) in [5.41, 5.74) is -7.52. The molecule has 5 fully saturated rings. The second-order valence-corrected chi connectivity index (χ2v) is 11.0. The van der Waals surface area contributed by atoms with E-state index in [0.29, 0.717) is 0 Å². The molecule has 8 nitrogen and oxygen atoms in total. The summed E-state index contributed by atoms with van der Waals surface area (Å²) in [6, 6.07) is 0. The fourth-order valence-electron chi connectivity index (χ4n) is 7.94. The third kappa shape index (κ3) is 2.15. The first-order valence-corrected chi connectivity index (χ1v) is 12.1. The van der Waals surface area contributed by atoms with E-state index in [1.165, 1.54) is 39.8 Å². The summed E-state index contributed by atoms with van der Waals surface area (Å²) in [5.74, 6) is -9.12. The van der Waals surface area contributed by atoms with E-state index in [1.54, 1.807) is 50.3 Å². The minimum absolute atomic E-state index is 0.113. The first kappa shape index (κ1) is 24.9. The van der Waals surface area contributed by atoms with Gasteiger partial charge in [-0.3, -0.25) is 9.59 Å². The highest BCUT2D eigenvalue weighted by Crippen LogP contribution is 2.83. The van der Waals surface area contributed by atoms with Gasteiger partial charge >= 0.3 is 0 Å². The predicted molar refractivity (Wildman–Crippen MR) is 129 cm³/mol. The molecule has 5 aliphatic rings. The fraction of sp³-hybridized carbons (Fsp3) is 0.500. The van der Waals surface area contributed by atoms with E-state index in [1.807, 2.05) is 0 Å². The van der Waals surface area contributed by atoms with Gasteiger partial charge in [0.15, 0.2) is 11.6 Å². The van der Waals surface area contributed by atoms with Crippen LogP contribution in [-0.4, -0.2) is 54.8 Å². The summed E-state index contributed by atoms with van der Waals surface area (Å²) in [4.78, 5) is 28.7. The Balaban J connectivity index is 1.93. The third-order valence-corrected chi connectivity index (χ3v) is 9.41. The molecule has 8 atom stereocenters. The van der Waals surface area contributed by atoms with Gasteiger partial charge in [0.25, 0.3) is 0 Å². The molecule has 3 saturated carbocycles. The van der Waals surface area contributed by atoms with Crippen LogP contribution in [0.3, 0.4) is 0 Å². The zero-order valence-electron chi connectivity index (χ0n) is 21.2. The number of carbonyl (C=O) groups excluding carboxylic acids is 2. The molecule has 0 unspecified atom stereocenters.